The van der Waals surface area contributed by atoms with Gasteiger partial charge < -0.3 is 20.1 Å². The summed E-state index contributed by atoms with van der Waals surface area (Å²) in [6.07, 6.45) is 0. The van der Waals surface area contributed by atoms with Crippen molar-refractivity contribution >= 4 is 6.03 Å². The average Bonchev–Trinajstić information content (AvgIpc) is 2.72. The number of nitrogens with one attached hydrogen (secondary N) is 2. The zero-order valence-corrected chi connectivity index (χ0v) is 15.1. The van der Waals surface area contributed by atoms with Crippen LogP contribution in [-0.2, 0) is 13.1 Å². The third-order valence-corrected chi connectivity index (χ3v) is 3.94. The van der Waals surface area contributed by atoms with Crippen molar-refractivity contribution < 1.29 is 14.3 Å². The Morgan fingerprint density at radius 1 is 0.741 bits per heavy atom. The van der Waals surface area contributed by atoms with Crippen LogP contribution in [0.15, 0.2) is 78.9 Å². The number of para-hydroxylation sites is 1. The van der Waals surface area contributed by atoms with Crippen molar-refractivity contribution in [2.24, 2.45) is 0 Å². The first-order chi connectivity index (χ1) is 13.2. The Bertz CT molecular complexity index is 864. The van der Waals surface area contributed by atoms with E-state index in [0.717, 1.165) is 28.4 Å². The predicted molar refractivity (Wildman–Crippen MR) is 105 cm³/mol. The summed E-state index contributed by atoms with van der Waals surface area (Å²) < 4.78 is 10.9. The molecule has 0 atom stereocenters. The molecule has 3 aromatic rings. The summed E-state index contributed by atoms with van der Waals surface area (Å²) in [6.45, 7) is 0.868. The number of ether oxygens (including phenoxy) is 2. The quantitative estimate of drug-likeness (QED) is 0.651. The van der Waals surface area contributed by atoms with Crippen molar-refractivity contribution in [3.05, 3.63) is 90.0 Å². The van der Waals surface area contributed by atoms with Crippen LogP contribution < -0.4 is 20.1 Å². The minimum Gasteiger partial charge on any atom is -0.497 e. The van der Waals surface area contributed by atoms with Crippen molar-refractivity contribution in [2.45, 2.75) is 13.1 Å². The van der Waals surface area contributed by atoms with Gasteiger partial charge in [0.25, 0.3) is 0 Å². The van der Waals surface area contributed by atoms with Crippen LogP contribution in [0.4, 0.5) is 4.79 Å². The van der Waals surface area contributed by atoms with Gasteiger partial charge in [-0.25, -0.2) is 4.79 Å². The summed E-state index contributed by atoms with van der Waals surface area (Å²) in [5, 5.41) is 5.69. The molecular formula is C22H22N2O3. The van der Waals surface area contributed by atoms with Gasteiger partial charge in [-0.15, -0.1) is 0 Å². The number of amides is 2. The van der Waals surface area contributed by atoms with E-state index in [9.17, 15) is 4.79 Å². The number of carbonyl (C=O) groups excluding carboxylic acids is 1. The molecule has 3 aromatic carbocycles. The van der Waals surface area contributed by atoms with E-state index in [1.807, 2.05) is 78.9 Å². The highest BCUT2D eigenvalue weighted by Crippen LogP contribution is 2.21. The summed E-state index contributed by atoms with van der Waals surface area (Å²) in [5.41, 5.74) is 1.97. The van der Waals surface area contributed by atoms with E-state index in [1.54, 1.807) is 7.11 Å². The largest absolute Gasteiger partial charge is 0.497 e. The number of urea groups is 1. The van der Waals surface area contributed by atoms with Gasteiger partial charge in [0.05, 0.1) is 7.11 Å². The number of benzene rings is 3. The number of carbonyl (C=O) groups is 1. The molecule has 5 nitrogen and oxygen atoms in total. The molecule has 27 heavy (non-hydrogen) atoms. The third kappa shape index (κ3) is 5.78. The molecule has 0 unspecified atom stereocenters. The van der Waals surface area contributed by atoms with Crippen molar-refractivity contribution in [1.29, 1.82) is 0 Å². The minimum absolute atomic E-state index is 0.222. The van der Waals surface area contributed by atoms with Crippen LogP contribution in [0.5, 0.6) is 17.2 Å². The predicted octanol–water partition coefficient (Wildman–Crippen LogP) is 4.49. The van der Waals surface area contributed by atoms with E-state index in [2.05, 4.69) is 10.6 Å². The summed E-state index contributed by atoms with van der Waals surface area (Å²) in [5.74, 6) is 2.31. The Labute approximate surface area is 158 Å². The van der Waals surface area contributed by atoms with Crippen molar-refractivity contribution in [3.8, 4) is 17.2 Å². The van der Waals surface area contributed by atoms with Crippen LogP contribution in [0.25, 0.3) is 0 Å². The molecule has 0 aromatic heterocycles. The normalized spacial score (nSPS) is 10.1. The fourth-order valence-electron chi connectivity index (χ4n) is 2.51. The highest BCUT2D eigenvalue weighted by Gasteiger charge is 2.03. The van der Waals surface area contributed by atoms with Gasteiger partial charge in [-0.05, 0) is 47.5 Å². The SMILES string of the molecule is COc1ccc(CNC(=O)NCc2cccc(Oc3ccccc3)c2)cc1. The molecule has 0 aliphatic heterocycles. The Morgan fingerprint density at radius 3 is 2.11 bits per heavy atom. The first-order valence-corrected chi connectivity index (χ1v) is 8.69. The van der Waals surface area contributed by atoms with Crippen molar-refractivity contribution in [3.63, 3.8) is 0 Å². The summed E-state index contributed by atoms with van der Waals surface area (Å²) in [7, 11) is 1.63. The lowest BCUT2D eigenvalue weighted by Gasteiger charge is -2.10. The fraction of sp³-hybridized carbons (Fsp3) is 0.136. The average molecular weight is 362 g/mol. The lowest BCUT2D eigenvalue weighted by Crippen LogP contribution is -2.34. The van der Waals surface area contributed by atoms with Crippen LogP contribution in [-0.4, -0.2) is 13.1 Å². The molecule has 0 radical (unpaired) electrons. The van der Waals surface area contributed by atoms with Gasteiger partial charge in [-0.1, -0.05) is 42.5 Å². The summed E-state index contributed by atoms with van der Waals surface area (Å²) in [4.78, 5) is 12.0. The second-order valence-corrected chi connectivity index (χ2v) is 5.95. The van der Waals surface area contributed by atoms with Gasteiger partial charge in [-0.2, -0.15) is 0 Å². The van der Waals surface area contributed by atoms with Gasteiger partial charge in [0.1, 0.15) is 17.2 Å². The van der Waals surface area contributed by atoms with Crippen LogP contribution in [0.1, 0.15) is 11.1 Å². The Morgan fingerprint density at radius 2 is 1.41 bits per heavy atom. The molecule has 3 rings (SSSR count). The Kier molecular flexibility index (Phi) is 6.30. The summed E-state index contributed by atoms with van der Waals surface area (Å²) in [6, 6.07) is 24.6. The molecule has 2 N–H and O–H groups in total. The number of rotatable bonds is 7. The van der Waals surface area contributed by atoms with Gasteiger partial charge in [0, 0.05) is 13.1 Å². The van der Waals surface area contributed by atoms with E-state index in [-0.39, 0.29) is 6.03 Å². The second kappa shape index (κ2) is 9.29. The monoisotopic (exact) mass is 362 g/mol. The minimum atomic E-state index is -0.222. The van der Waals surface area contributed by atoms with Gasteiger partial charge >= 0.3 is 6.03 Å². The molecular weight excluding hydrogens is 340 g/mol. The molecule has 0 saturated heterocycles. The molecule has 5 heteroatoms. The standard InChI is InChI=1S/C22H22N2O3/c1-26-19-12-10-17(11-13-19)15-23-22(25)24-16-18-6-5-9-21(14-18)27-20-7-3-2-4-8-20/h2-14H,15-16H2,1H3,(H2,23,24,25). The van der Waals surface area contributed by atoms with E-state index in [1.165, 1.54) is 0 Å². The summed E-state index contributed by atoms with van der Waals surface area (Å²) >= 11 is 0. The first-order valence-electron chi connectivity index (χ1n) is 8.69. The first kappa shape index (κ1) is 18.3. The van der Waals surface area contributed by atoms with E-state index in [0.29, 0.717) is 13.1 Å². The third-order valence-electron chi connectivity index (χ3n) is 3.94. The molecule has 0 bridgehead atoms. The molecule has 138 valence electrons. The van der Waals surface area contributed by atoms with Crippen LogP contribution in [0, 0.1) is 0 Å². The van der Waals surface area contributed by atoms with Crippen LogP contribution >= 0.6 is 0 Å². The molecule has 0 aliphatic rings. The molecule has 0 spiro atoms. The Balaban J connectivity index is 1.47. The zero-order chi connectivity index (χ0) is 18.9. The van der Waals surface area contributed by atoms with Crippen LogP contribution in [0.2, 0.25) is 0 Å². The van der Waals surface area contributed by atoms with E-state index in [4.69, 9.17) is 9.47 Å². The molecule has 0 fully saturated rings. The highest BCUT2D eigenvalue weighted by atomic mass is 16.5. The maximum Gasteiger partial charge on any atom is 0.315 e. The maximum atomic E-state index is 12.0. The Hall–Kier alpha value is -3.47. The van der Waals surface area contributed by atoms with Gasteiger partial charge in [0.2, 0.25) is 0 Å². The fourth-order valence-corrected chi connectivity index (χ4v) is 2.51. The van der Waals surface area contributed by atoms with E-state index >= 15 is 0 Å². The lowest BCUT2D eigenvalue weighted by molar-refractivity contribution is 0.240. The van der Waals surface area contributed by atoms with E-state index < -0.39 is 0 Å². The molecule has 0 saturated carbocycles. The highest BCUT2D eigenvalue weighted by molar-refractivity contribution is 5.73. The number of hydrogen-bond acceptors (Lipinski definition) is 3. The van der Waals surface area contributed by atoms with Crippen molar-refractivity contribution in [1.82, 2.24) is 10.6 Å². The van der Waals surface area contributed by atoms with Gasteiger partial charge in [-0.3, -0.25) is 0 Å². The number of hydrogen-bond donors (Lipinski definition) is 2. The molecule has 0 aliphatic carbocycles. The van der Waals surface area contributed by atoms with Crippen LogP contribution in [0.3, 0.4) is 0 Å². The zero-order valence-electron chi connectivity index (χ0n) is 15.1. The molecule has 2 amide bonds. The second-order valence-electron chi connectivity index (χ2n) is 5.95. The number of methoxy groups -OCH3 is 1. The molecule has 0 heterocycles. The smallest absolute Gasteiger partial charge is 0.315 e. The van der Waals surface area contributed by atoms with Crippen molar-refractivity contribution in [2.75, 3.05) is 7.11 Å². The maximum absolute atomic E-state index is 12.0. The van der Waals surface area contributed by atoms with Gasteiger partial charge in [0.15, 0.2) is 0 Å². The lowest BCUT2D eigenvalue weighted by atomic mass is 10.2. The topological polar surface area (TPSA) is 59.6 Å².